The number of amides is 1. The Labute approximate surface area is 120 Å². The summed E-state index contributed by atoms with van der Waals surface area (Å²) in [4.78, 5) is 27.4. The number of likely N-dealkylation sites (N-methyl/N-ethyl adjacent to an activating group) is 1. The molecule has 10 heteroatoms. The monoisotopic (exact) mass is 321 g/mol. The third kappa shape index (κ3) is 4.25. The number of esters is 1. The predicted octanol–water partition coefficient (Wildman–Crippen LogP) is 0.0680. The Hall–Kier alpha value is -1.52. The first kappa shape index (κ1) is 16.5. The van der Waals surface area contributed by atoms with E-state index in [0.717, 1.165) is 21.9 Å². The minimum Gasteiger partial charge on any atom is -0.465 e. The molecule has 112 valence electrons. The first-order valence-corrected chi connectivity index (χ1v) is 8.08. The van der Waals surface area contributed by atoms with Crippen molar-refractivity contribution in [3.63, 3.8) is 0 Å². The van der Waals surface area contributed by atoms with Gasteiger partial charge in [0.2, 0.25) is 15.9 Å². The number of nitrogens with zero attached hydrogens (tertiary/aromatic N) is 2. The van der Waals surface area contributed by atoms with E-state index >= 15 is 0 Å². The van der Waals surface area contributed by atoms with E-state index in [-0.39, 0.29) is 11.7 Å². The topological polar surface area (TPSA) is 106 Å². The lowest BCUT2D eigenvalue weighted by molar-refractivity contribution is -0.116. The first-order valence-electron chi connectivity index (χ1n) is 5.42. The third-order valence-electron chi connectivity index (χ3n) is 2.35. The van der Waals surface area contributed by atoms with Crippen LogP contribution >= 0.6 is 11.3 Å². The van der Waals surface area contributed by atoms with Gasteiger partial charge in [-0.2, -0.15) is 4.31 Å². The molecule has 0 saturated carbocycles. The number of hydrogen-bond acceptors (Lipinski definition) is 7. The van der Waals surface area contributed by atoms with Crippen LogP contribution < -0.4 is 5.32 Å². The lowest BCUT2D eigenvalue weighted by Gasteiger charge is -2.12. The van der Waals surface area contributed by atoms with Gasteiger partial charge in [0, 0.05) is 7.05 Å². The minimum absolute atomic E-state index is 0.217. The molecular formula is C10H15N3O5S2. The molecule has 0 radical (unpaired) electrons. The van der Waals surface area contributed by atoms with Crippen LogP contribution in [0.15, 0.2) is 0 Å². The van der Waals surface area contributed by atoms with Crippen molar-refractivity contribution >= 4 is 38.4 Å². The van der Waals surface area contributed by atoms with Crippen molar-refractivity contribution in [1.82, 2.24) is 9.29 Å². The number of carbonyl (C=O) groups is 2. The van der Waals surface area contributed by atoms with Crippen LogP contribution in [-0.2, 0) is 19.6 Å². The fourth-order valence-corrected chi connectivity index (χ4v) is 2.46. The van der Waals surface area contributed by atoms with Crippen molar-refractivity contribution < 1.29 is 22.7 Å². The summed E-state index contributed by atoms with van der Waals surface area (Å²) in [7, 11) is -0.885. The molecule has 1 aromatic heterocycles. The molecule has 0 fully saturated rings. The number of aryl methyl sites for hydroxylation is 1. The molecule has 1 rings (SSSR count). The molecule has 0 bridgehead atoms. The summed E-state index contributed by atoms with van der Waals surface area (Å²) in [5.74, 6) is -1.07. The van der Waals surface area contributed by atoms with Crippen LogP contribution in [0, 0.1) is 6.92 Å². The summed E-state index contributed by atoms with van der Waals surface area (Å²) in [6, 6.07) is 0. The zero-order valence-electron chi connectivity index (χ0n) is 11.5. The van der Waals surface area contributed by atoms with E-state index in [1.54, 1.807) is 6.92 Å². The highest BCUT2D eigenvalue weighted by atomic mass is 32.2. The van der Waals surface area contributed by atoms with Crippen LogP contribution in [0.5, 0.6) is 0 Å². The molecule has 0 aliphatic carbocycles. The second kappa shape index (κ2) is 6.29. The van der Waals surface area contributed by atoms with Gasteiger partial charge in [-0.15, -0.1) is 0 Å². The molecule has 0 spiro atoms. The summed E-state index contributed by atoms with van der Waals surface area (Å²) in [5.41, 5.74) is 0.439. The van der Waals surface area contributed by atoms with Gasteiger partial charge in [-0.3, -0.25) is 4.79 Å². The van der Waals surface area contributed by atoms with Crippen molar-refractivity contribution in [2.24, 2.45) is 0 Å². The molecule has 8 nitrogen and oxygen atoms in total. The normalized spacial score (nSPS) is 11.4. The van der Waals surface area contributed by atoms with Crippen LogP contribution in [-0.4, -0.2) is 56.5 Å². The first-order chi connectivity index (χ1) is 9.15. The Morgan fingerprint density at radius 2 is 2.05 bits per heavy atom. The number of carbonyl (C=O) groups excluding carboxylic acids is 2. The standard InChI is InChI=1S/C10H15N3O5S2/c1-6-8(9(15)18-3)19-10(11-6)12-7(14)5-13(2)20(4,16)17/h5H2,1-4H3,(H,11,12,14). The van der Waals surface area contributed by atoms with Crippen molar-refractivity contribution in [1.29, 1.82) is 0 Å². The summed E-state index contributed by atoms with van der Waals surface area (Å²) in [6.07, 6.45) is 1.00. The van der Waals surface area contributed by atoms with Crippen LogP contribution in [0.2, 0.25) is 0 Å². The van der Waals surface area contributed by atoms with Crippen molar-refractivity contribution in [3.05, 3.63) is 10.6 Å². The number of thiazole rings is 1. The molecule has 1 amide bonds. The van der Waals surface area contributed by atoms with E-state index in [1.165, 1.54) is 14.2 Å². The second-order valence-electron chi connectivity index (χ2n) is 3.99. The van der Waals surface area contributed by atoms with E-state index in [0.29, 0.717) is 10.6 Å². The zero-order chi connectivity index (χ0) is 15.5. The number of rotatable bonds is 5. The zero-order valence-corrected chi connectivity index (χ0v) is 13.1. The highest BCUT2D eigenvalue weighted by molar-refractivity contribution is 7.88. The fourth-order valence-electron chi connectivity index (χ4n) is 1.21. The van der Waals surface area contributed by atoms with Gasteiger partial charge >= 0.3 is 5.97 Å². The van der Waals surface area contributed by atoms with Gasteiger partial charge in [0.05, 0.1) is 25.6 Å². The molecule has 0 aromatic carbocycles. The number of methoxy groups -OCH3 is 1. The van der Waals surface area contributed by atoms with Crippen LogP contribution in [0.25, 0.3) is 0 Å². The molecule has 0 saturated heterocycles. The van der Waals surface area contributed by atoms with Crippen molar-refractivity contribution in [2.75, 3.05) is 32.3 Å². The number of hydrogen-bond donors (Lipinski definition) is 1. The van der Waals surface area contributed by atoms with E-state index in [2.05, 4.69) is 15.0 Å². The molecule has 1 heterocycles. The predicted molar refractivity (Wildman–Crippen MR) is 74.3 cm³/mol. The average Bonchev–Trinajstić information content (AvgIpc) is 2.67. The molecule has 1 N–H and O–H groups in total. The van der Waals surface area contributed by atoms with Crippen LogP contribution in [0.4, 0.5) is 5.13 Å². The Morgan fingerprint density at radius 3 is 2.55 bits per heavy atom. The lowest BCUT2D eigenvalue weighted by Crippen LogP contribution is -2.34. The van der Waals surface area contributed by atoms with Gasteiger partial charge in [0.15, 0.2) is 5.13 Å². The summed E-state index contributed by atoms with van der Waals surface area (Å²) in [5, 5.41) is 2.66. The maximum absolute atomic E-state index is 11.7. The second-order valence-corrected chi connectivity index (χ2v) is 7.08. The molecule has 1 aromatic rings. The highest BCUT2D eigenvalue weighted by Crippen LogP contribution is 2.23. The molecule has 0 aliphatic heterocycles. The van der Waals surface area contributed by atoms with Crippen molar-refractivity contribution in [3.8, 4) is 0 Å². The SMILES string of the molecule is COC(=O)c1sc(NC(=O)CN(C)S(C)(=O)=O)nc1C. The largest absolute Gasteiger partial charge is 0.465 e. The average molecular weight is 321 g/mol. The van der Waals surface area contributed by atoms with E-state index in [1.807, 2.05) is 0 Å². The molecule has 20 heavy (non-hydrogen) atoms. The fraction of sp³-hybridized carbons (Fsp3) is 0.500. The smallest absolute Gasteiger partial charge is 0.350 e. The lowest BCUT2D eigenvalue weighted by atomic mass is 10.4. The Kier molecular flexibility index (Phi) is 5.20. The number of anilines is 1. The highest BCUT2D eigenvalue weighted by Gasteiger charge is 2.19. The van der Waals surface area contributed by atoms with Gasteiger partial charge in [0.1, 0.15) is 4.88 Å². The van der Waals surface area contributed by atoms with Gasteiger partial charge in [0.25, 0.3) is 0 Å². The Morgan fingerprint density at radius 1 is 1.45 bits per heavy atom. The van der Waals surface area contributed by atoms with Gasteiger partial charge in [-0.05, 0) is 6.92 Å². The van der Waals surface area contributed by atoms with Crippen molar-refractivity contribution in [2.45, 2.75) is 6.92 Å². The molecule has 0 aliphatic rings. The maximum atomic E-state index is 11.7. The Bertz CT molecular complexity index is 623. The van der Waals surface area contributed by atoms with Crippen LogP contribution in [0.1, 0.15) is 15.4 Å². The maximum Gasteiger partial charge on any atom is 0.350 e. The summed E-state index contributed by atoms with van der Waals surface area (Å²) >= 11 is 0.970. The molecule has 0 atom stereocenters. The van der Waals surface area contributed by atoms with E-state index in [9.17, 15) is 18.0 Å². The van der Waals surface area contributed by atoms with E-state index < -0.39 is 21.9 Å². The molecular weight excluding hydrogens is 306 g/mol. The Balaban J connectivity index is 2.75. The quantitative estimate of drug-likeness (QED) is 0.769. The van der Waals surface area contributed by atoms with E-state index in [4.69, 9.17) is 0 Å². The van der Waals surface area contributed by atoms with Crippen LogP contribution in [0.3, 0.4) is 0 Å². The number of aromatic nitrogens is 1. The third-order valence-corrected chi connectivity index (χ3v) is 4.66. The summed E-state index contributed by atoms with van der Waals surface area (Å²) < 4.78 is 27.8. The number of sulfonamides is 1. The van der Waals surface area contributed by atoms with Gasteiger partial charge in [-0.1, -0.05) is 11.3 Å². The van der Waals surface area contributed by atoms with Gasteiger partial charge < -0.3 is 10.1 Å². The number of ether oxygens (including phenoxy) is 1. The van der Waals surface area contributed by atoms with Gasteiger partial charge in [-0.25, -0.2) is 18.2 Å². The molecule has 0 unspecified atom stereocenters. The number of nitrogens with one attached hydrogen (secondary N) is 1. The minimum atomic E-state index is -3.43. The summed E-state index contributed by atoms with van der Waals surface area (Å²) in [6.45, 7) is 1.28.